The van der Waals surface area contributed by atoms with Crippen molar-refractivity contribution in [3.63, 3.8) is 0 Å². The first kappa shape index (κ1) is 21.9. The second kappa shape index (κ2) is 8.67. The van der Waals surface area contributed by atoms with Gasteiger partial charge < -0.3 is 24.1 Å². The highest BCUT2D eigenvalue weighted by Crippen LogP contribution is 2.44. The lowest BCUT2D eigenvalue weighted by molar-refractivity contribution is -0.207. The van der Waals surface area contributed by atoms with Crippen LogP contribution in [-0.2, 0) is 4.74 Å². The zero-order chi connectivity index (χ0) is 22.9. The van der Waals surface area contributed by atoms with E-state index in [2.05, 4.69) is 15.3 Å². The molecule has 1 aromatic heterocycles. The third-order valence-corrected chi connectivity index (χ3v) is 4.96. The number of hydrogen-bond donors (Lipinski definition) is 2. The Labute approximate surface area is 181 Å². The molecule has 3 unspecified atom stereocenters. The molecule has 3 atom stereocenters. The number of aliphatic hydroxyl groups is 1. The highest BCUT2D eigenvalue weighted by Gasteiger charge is 2.44. The third kappa shape index (κ3) is 4.34. The average molecular weight is 451 g/mol. The number of nitrogens with one attached hydrogen (secondary N) is 1. The minimum atomic E-state index is -4.89. The third-order valence-electron chi connectivity index (χ3n) is 4.96. The summed E-state index contributed by atoms with van der Waals surface area (Å²) in [7, 11) is 2.77. The lowest BCUT2D eigenvalue weighted by Gasteiger charge is -2.23. The van der Waals surface area contributed by atoms with Crippen molar-refractivity contribution in [1.29, 1.82) is 0 Å². The van der Waals surface area contributed by atoms with Crippen LogP contribution in [0.2, 0.25) is 0 Å². The summed E-state index contributed by atoms with van der Waals surface area (Å²) in [5.41, 5.74) is -0.424. The van der Waals surface area contributed by atoms with Gasteiger partial charge in [-0.25, -0.2) is 0 Å². The molecule has 0 amide bonds. The Bertz CT molecular complexity index is 1040. The molecule has 1 aliphatic carbocycles. The fraction of sp³-hybridized carbons (Fsp3) is 0.333. The number of rotatable bonds is 6. The molecule has 2 aliphatic rings. The predicted molar refractivity (Wildman–Crippen MR) is 105 cm³/mol. The number of ether oxygens (including phenoxy) is 4. The minimum Gasteiger partial charge on any atom is -0.481 e. The van der Waals surface area contributed by atoms with Crippen LogP contribution in [-0.4, -0.2) is 41.5 Å². The number of methoxy groups -OCH3 is 2. The van der Waals surface area contributed by atoms with Gasteiger partial charge in [-0.3, -0.25) is 5.32 Å². The Morgan fingerprint density at radius 3 is 2.53 bits per heavy atom. The molecule has 2 N–H and O–H groups in total. The fourth-order valence-corrected chi connectivity index (χ4v) is 3.46. The maximum absolute atomic E-state index is 13.4. The molecule has 32 heavy (non-hydrogen) atoms. The fourth-order valence-electron chi connectivity index (χ4n) is 3.46. The molecule has 1 aromatic carbocycles. The molecule has 2 heterocycles. The van der Waals surface area contributed by atoms with Crippen LogP contribution in [0.5, 0.6) is 23.5 Å². The van der Waals surface area contributed by atoms with Gasteiger partial charge in [0.15, 0.2) is 12.3 Å². The minimum absolute atomic E-state index is 0.0157. The maximum Gasteiger partial charge on any atom is 0.418 e. The van der Waals surface area contributed by atoms with Crippen molar-refractivity contribution in [1.82, 2.24) is 15.3 Å². The van der Waals surface area contributed by atoms with Crippen LogP contribution >= 0.6 is 0 Å². The molecular formula is C21H20F3N3O5. The van der Waals surface area contributed by atoms with Gasteiger partial charge in [0.25, 0.3) is 0 Å². The van der Waals surface area contributed by atoms with Crippen LogP contribution in [0.4, 0.5) is 13.2 Å². The van der Waals surface area contributed by atoms with E-state index in [0.29, 0.717) is 12.2 Å². The van der Waals surface area contributed by atoms with Crippen LogP contribution in [0.25, 0.3) is 0 Å². The highest BCUT2D eigenvalue weighted by atomic mass is 19.4. The number of allylic oxidation sites excluding steroid dienone is 2. The highest BCUT2D eigenvalue weighted by molar-refractivity contribution is 5.46. The summed E-state index contributed by atoms with van der Waals surface area (Å²) >= 11 is 0. The molecular weight excluding hydrogens is 431 g/mol. The molecule has 8 nitrogen and oxygen atoms in total. The number of aromatic nitrogens is 2. The van der Waals surface area contributed by atoms with Crippen molar-refractivity contribution in [2.75, 3.05) is 14.2 Å². The Balaban J connectivity index is 1.77. The topological polar surface area (TPSA) is 95.0 Å². The van der Waals surface area contributed by atoms with E-state index < -0.39 is 24.1 Å². The van der Waals surface area contributed by atoms with Gasteiger partial charge in [-0.1, -0.05) is 24.3 Å². The van der Waals surface area contributed by atoms with Crippen molar-refractivity contribution >= 4 is 0 Å². The summed E-state index contributed by atoms with van der Waals surface area (Å²) in [4.78, 5) is 8.11. The van der Waals surface area contributed by atoms with Crippen LogP contribution in [0.1, 0.15) is 29.9 Å². The quantitative estimate of drug-likeness (QED) is 0.687. The van der Waals surface area contributed by atoms with Gasteiger partial charge in [0, 0.05) is 5.56 Å². The predicted octanol–water partition coefficient (Wildman–Crippen LogP) is 3.71. The Hall–Kier alpha value is -3.31. The summed E-state index contributed by atoms with van der Waals surface area (Å²) in [5, 5.41) is 13.2. The molecule has 0 saturated carbocycles. The van der Waals surface area contributed by atoms with E-state index in [1.165, 1.54) is 38.5 Å². The maximum atomic E-state index is 13.4. The Morgan fingerprint density at radius 2 is 1.91 bits per heavy atom. The molecule has 0 spiro atoms. The van der Waals surface area contributed by atoms with Crippen molar-refractivity contribution < 1.29 is 37.2 Å². The number of hydrogen-bond acceptors (Lipinski definition) is 8. The smallest absolute Gasteiger partial charge is 0.418 e. The van der Waals surface area contributed by atoms with E-state index >= 15 is 0 Å². The van der Waals surface area contributed by atoms with Crippen LogP contribution in [0.3, 0.4) is 0 Å². The van der Waals surface area contributed by atoms with E-state index in [1.807, 2.05) is 6.08 Å². The van der Waals surface area contributed by atoms with Gasteiger partial charge in [-0.15, -0.1) is 0 Å². The van der Waals surface area contributed by atoms with Gasteiger partial charge in [-0.05, 0) is 18.6 Å². The number of benzene rings is 1. The Kier molecular flexibility index (Phi) is 5.94. The number of nitrogens with zero attached hydrogens (tertiary/aromatic N) is 2. The molecule has 170 valence electrons. The largest absolute Gasteiger partial charge is 0.481 e. The number of fused-ring (bicyclic) bond motifs is 1. The van der Waals surface area contributed by atoms with Gasteiger partial charge >= 0.3 is 12.2 Å². The van der Waals surface area contributed by atoms with E-state index in [9.17, 15) is 18.3 Å². The van der Waals surface area contributed by atoms with Gasteiger partial charge in [0.05, 0.1) is 31.9 Å². The van der Waals surface area contributed by atoms with E-state index in [0.717, 1.165) is 0 Å². The molecule has 4 rings (SSSR count). The van der Waals surface area contributed by atoms with Crippen LogP contribution in [0, 0.1) is 0 Å². The first-order valence-corrected chi connectivity index (χ1v) is 9.62. The van der Waals surface area contributed by atoms with Crippen molar-refractivity contribution in [2.45, 2.75) is 31.0 Å². The molecule has 1 aliphatic heterocycles. The van der Waals surface area contributed by atoms with Gasteiger partial charge in [0.1, 0.15) is 11.5 Å². The number of alkyl halides is 3. The zero-order valence-corrected chi connectivity index (χ0v) is 17.1. The standard InChI is InChI=1S/C21H20F3N3O5/c1-29-15-10-16(30-2)27-20(26-15)32-14-9-5-6-11(18(28)21(22,23)24)17(14)19-25-12-7-3-4-8-13(12)31-19/h3-6,8-10,12,18-19,25,28H,7H2,1-2H3. The summed E-state index contributed by atoms with van der Waals surface area (Å²) in [6, 6.07) is 4.95. The molecule has 1 fully saturated rings. The summed E-state index contributed by atoms with van der Waals surface area (Å²) in [6.45, 7) is 0. The van der Waals surface area contributed by atoms with Gasteiger partial charge in [0.2, 0.25) is 11.8 Å². The Morgan fingerprint density at radius 1 is 1.19 bits per heavy atom. The summed E-state index contributed by atoms with van der Waals surface area (Å²) in [5.74, 6) is 0.833. The molecule has 1 saturated heterocycles. The first-order chi connectivity index (χ1) is 15.3. The van der Waals surface area contributed by atoms with E-state index in [1.54, 1.807) is 12.2 Å². The van der Waals surface area contributed by atoms with Crippen LogP contribution in [0.15, 0.2) is 48.3 Å². The first-order valence-electron chi connectivity index (χ1n) is 9.62. The molecule has 11 heteroatoms. The zero-order valence-electron chi connectivity index (χ0n) is 17.1. The summed E-state index contributed by atoms with van der Waals surface area (Å²) < 4.78 is 62.1. The number of halogens is 3. The van der Waals surface area contributed by atoms with Crippen molar-refractivity contribution in [2.24, 2.45) is 0 Å². The average Bonchev–Trinajstić information content (AvgIpc) is 3.21. The van der Waals surface area contributed by atoms with E-state index in [4.69, 9.17) is 18.9 Å². The SMILES string of the molecule is COc1cc(OC)nc(Oc2cccc(C(O)C(F)(F)F)c2C2NC3CC=CC=C3O2)n1. The normalized spacial score (nSPS) is 20.8. The lowest BCUT2D eigenvalue weighted by atomic mass is 9.99. The summed E-state index contributed by atoms with van der Waals surface area (Å²) in [6.07, 6.45) is -2.57. The molecule has 2 aromatic rings. The van der Waals surface area contributed by atoms with Crippen molar-refractivity contribution in [3.8, 4) is 23.5 Å². The second-order valence-electron chi connectivity index (χ2n) is 6.99. The van der Waals surface area contributed by atoms with E-state index in [-0.39, 0.29) is 35.1 Å². The van der Waals surface area contributed by atoms with Gasteiger partial charge in [-0.2, -0.15) is 23.1 Å². The molecule has 0 radical (unpaired) electrons. The molecule has 0 bridgehead atoms. The lowest BCUT2D eigenvalue weighted by Crippen LogP contribution is -2.28. The van der Waals surface area contributed by atoms with Crippen LogP contribution < -0.4 is 19.5 Å². The monoisotopic (exact) mass is 451 g/mol. The second-order valence-corrected chi connectivity index (χ2v) is 6.99. The number of aliphatic hydroxyl groups excluding tert-OH is 1. The van der Waals surface area contributed by atoms with Crippen molar-refractivity contribution in [3.05, 3.63) is 59.4 Å².